The minimum Gasteiger partial charge on any atom is -0.491 e. The first-order valence-electron chi connectivity index (χ1n) is 12.6. The minimum absolute atomic E-state index is 0.0665. The number of nitrogens with one attached hydrogen (secondary N) is 2. The Bertz CT molecular complexity index is 1290. The predicted molar refractivity (Wildman–Crippen MR) is 151 cm³/mol. The van der Waals surface area contributed by atoms with Gasteiger partial charge in [0.25, 0.3) is 0 Å². The Morgan fingerprint density at radius 2 is 1.77 bits per heavy atom. The van der Waals surface area contributed by atoms with Gasteiger partial charge in [0.05, 0.1) is 18.0 Å². The Hall–Kier alpha value is -4.63. The van der Waals surface area contributed by atoms with Crippen LogP contribution in [0.1, 0.15) is 48.2 Å². The van der Waals surface area contributed by atoms with Crippen LogP contribution in [0.3, 0.4) is 0 Å². The van der Waals surface area contributed by atoms with Crippen LogP contribution in [0.4, 0.5) is 21.9 Å². The largest absolute Gasteiger partial charge is 0.491 e. The Morgan fingerprint density at radius 3 is 2.49 bits per heavy atom. The number of ether oxygens (including phenoxy) is 2. The molecule has 0 saturated heterocycles. The van der Waals surface area contributed by atoms with Gasteiger partial charge in [-0.05, 0) is 86.4 Å². The quantitative estimate of drug-likeness (QED) is 0.0988. The Balaban J connectivity index is 1.61. The highest BCUT2D eigenvalue weighted by Gasteiger charge is 2.18. The summed E-state index contributed by atoms with van der Waals surface area (Å²) in [7, 11) is 0. The van der Waals surface area contributed by atoms with E-state index in [1.165, 1.54) is 13.0 Å². The normalized spacial score (nSPS) is 11.5. The standard InChI is InChI=1S/C30H33N3O6/c1-21(35)22-14-16-24(17-15-22)32-30(37)39-28(23-8-7-9-25(20-23)38-19-18-34)12-3-2-4-13-29(36)33-27-11-6-5-10-26(27)31/h4-11,13-17,20,28,34H,2-3,12,18-19,31H2,1H3,(H,32,37)(H,33,36)/b13-4+/t28-/m1/s1. The third-order valence-electron chi connectivity index (χ3n) is 5.70. The number of hydrogen-bond donors (Lipinski definition) is 4. The molecule has 0 fully saturated rings. The van der Waals surface area contributed by atoms with Crippen molar-refractivity contribution < 1.29 is 29.0 Å². The number of para-hydroxylation sites is 2. The van der Waals surface area contributed by atoms with Crippen LogP contribution < -0.4 is 21.1 Å². The van der Waals surface area contributed by atoms with Gasteiger partial charge in [-0.1, -0.05) is 30.3 Å². The second-order valence-electron chi connectivity index (χ2n) is 8.71. The van der Waals surface area contributed by atoms with Gasteiger partial charge in [-0.3, -0.25) is 14.9 Å². The first-order valence-corrected chi connectivity index (χ1v) is 12.6. The summed E-state index contributed by atoms with van der Waals surface area (Å²) >= 11 is 0. The molecule has 1 atom stereocenters. The van der Waals surface area contributed by atoms with Gasteiger partial charge in [0.2, 0.25) is 5.91 Å². The molecule has 0 aliphatic rings. The lowest BCUT2D eigenvalue weighted by Gasteiger charge is -2.19. The molecule has 0 bridgehead atoms. The summed E-state index contributed by atoms with van der Waals surface area (Å²) in [5.74, 6) is 0.194. The summed E-state index contributed by atoms with van der Waals surface area (Å²) in [6.07, 6.45) is 3.65. The summed E-state index contributed by atoms with van der Waals surface area (Å²) in [5, 5.41) is 14.5. The molecule has 0 aromatic heterocycles. The monoisotopic (exact) mass is 531 g/mol. The summed E-state index contributed by atoms with van der Waals surface area (Å²) in [4.78, 5) is 36.4. The second-order valence-corrected chi connectivity index (χ2v) is 8.71. The number of carbonyl (C=O) groups is 3. The molecule has 3 aromatic carbocycles. The van der Waals surface area contributed by atoms with Crippen molar-refractivity contribution in [3.8, 4) is 5.75 Å². The van der Waals surface area contributed by atoms with E-state index in [2.05, 4.69) is 10.6 Å². The van der Waals surface area contributed by atoms with E-state index in [4.69, 9.17) is 20.3 Å². The predicted octanol–water partition coefficient (Wildman–Crippen LogP) is 5.50. The minimum atomic E-state index is -0.646. The molecule has 0 saturated carbocycles. The molecule has 3 rings (SSSR count). The van der Waals surface area contributed by atoms with Gasteiger partial charge in [-0.25, -0.2) is 4.79 Å². The lowest BCUT2D eigenvalue weighted by Crippen LogP contribution is -2.18. The van der Waals surface area contributed by atoms with Gasteiger partial charge in [0.15, 0.2) is 5.78 Å². The molecule has 204 valence electrons. The number of nitrogens with two attached hydrogens (primary N) is 1. The SMILES string of the molecule is CC(=O)c1ccc(NC(=O)O[C@H](CCC/C=C/C(=O)Nc2ccccc2N)c2cccc(OCCO)c2)cc1. The third kappa shape index (κ3) is 9.64. The summed E-state index contributed by atoms with van der Waals surface area (Å²) in [5.41, 5.74) is 8.66. The number of carbonyl (C=O) groups excluding carboxylic acids is 3. The highest BCUT2D eigenvalue weighted by atomic mass is 16.6. The third-order valence-corrected chi connectivity index (χ3v) is 5.70. The number of unbranched alkanes of at least 4 members (excludes halogenated alkanes) is 1. The van der Waals surface area contributed by atoms with Crippen LogP contribution in [-0.4, -0.2) is 36.1 Å². The average Bonchev–Trinajstić information content (AvgIpc) is 2.92. The number of allylic oxidation sites excluding steroid dienone is 1. The molecule has 0 aliphatic heterocycles. The van der Waals surface area contributed by atoms with Gasteiger partial charge >= 0.3 is 6.09 Å². The van der Waals surface area contributed by atoms with Crippen LogP contribution in [0.2, 0.25) is 0 Å². The maximum atomic E-state index is 12.7. The molecular formula is C30H33N3O6. The van der Waals surface area contributed by atoms with E-state index < -0.39 is 12.2 Å². The van der Waals surface area contributed by atoms with E-state index in [9.17, 15) is 14.4 Å². The number of nitrogen functional groups attached to an aromatic ring is 1. The number of Topliss-reactive ketones (excluding diaryl/α,β-unsaturated/α-hetero) is 1. The molecule has 0 heterocycles. The molecule has 5 N–H and O–H groups in total. The first-order chi connectivity index (χ1) is 18.9. The molecule has 9 heteroatoms. The van der Waals surface area contributed by atoms with Crippen molar-refractivity contribution in [2.75, 3.05) is 29.6 Å². The van der Waals surface area contributed by atoms with Gasteiger partial charge in [-0.15, -0.1) is 0 Å². The van der Waals surface area contributed by atoms with Crippen molar-refractivity contribution in [3.05, 3.63) is 96.1 Å². The number of rotatable bonds is 13. The van der Waals surface area contributed by atoms with Gasteiger partial charge < -0.3 is 25.6 Å². The van der Waals surface area contributed by atoms with Crippen molar-refractivity contribution in [2.24, 2.45) is 0 Å². The number of amides is 2. The number of ketones is 1. The fourth-order valence-corrected chi connectivity index (χ4v) is 3.72. The zero-order valence-electron chi connectivity index (χ0n) is 21.8. The topological polar surface area (TPSA) is 140 Å². The molecule has 0 radical (unpaired) electrons. The molecule has 2 amide bonds. The van der Waals surface area contributed by atoms with E-state index in [-0.39, 0.29) is 24.9 Å². The molecule has 0 aliphatic carbocycles. The number of benzene rings is 3. The van der Waals surface area contributed by atoms with Crippen LogP contribution in [0.5, 0.6) is 5.75 Å². The molecule has 0 unspecified atom stereocenters. The first kappa shape index (κ1) is 28.9. The zero-order valence-corrected chi connectivity index (χ0v) is 21.8. The number of anilines is 3. The smallest absolute Gasteiger partial charge is 0.412 e. The highest BCUT2D eigenvalue weighted by molar-refractivity contribution is 6.01. The van der Waals surface area contributed by atoms with E-state index in [0.717, 1.165) is 5.56 Å². The summed E-state index contributed by atoms with van der Waals surface area (Å²) in [6.45, 7) is 1.50. The van der Waals surface area contributed by atoms with E-state index >= 15 is 0 Å². The molecule has 0 spiro atoms. The maximum Gasteiger partial charge on any atom is 0.412 e. The summed E-state index contributed by atoms with van der Waals surface area (Å²) < 4.78 is 11.3. The van der Waals surface area contributed by atoms with Crippen molar-refractivity contribution >= 4 is 34.8 Å². The molecule has 39 heavy (non-hydrogen) atoms. The number of hydrogen-bond acceptors (Lipinski definition) is 7. The van der Waals surface area contributed by atoms with Crippen LogP contribution in [-0.2, 0) is 9.53 Å². The van der Waals surface area contributed by atoms with E-state index in [1.54, 1.807) is 72.8 Å². The molecular weight excluding hydrogens is 498 g/mol. The number of aliphatic hydroxyl groups excluding tert-OH is 1. The highest BCUT2D eigenvalue weighted by Crippen LogP contribution is 2.28. The molecule has 3 aromatic rings. The number of aliphatic hydroxyl groups is 1. The zero-order chi connectivity index (χ0) is 28.0. The average molecular weight is 532 g/mol. The van der Waals surface area contributed by atoms with Crippen LogP contribution in [0, 0.1) is 0 Å². The van der Waals surface area contributed by atoms with Crippen LogP contribution >= 0.6 is 0 Å². The Morgan fingerprint density at radius 1 is 1.00 bits per heavy atom. The molecule has 9 nitrogen and oxygen atoms in total. The fraction of sp³-hybridized carbons (Fsp3) is 0.233. The van der Waals surface area contributed by atoms with Crippen molar-refractivity contribution in [2.45, 2.75) is 32.3 Å². The van der Waals surface area contributed by atoms with Crippen molar-refractivity contribution in [1.82, 2.24) is 0 Å². The van der Waals surface area contributed by atoms with Gasteiger partial charge in [0.1, 0.15) is 18.5 Å². The Kier molecular flexibility index (Phi) is 11.1. The van der Waals surface area contributed by atoms with Crippen LogP contribution in [0.15, 0.2) is 84.9 Å². The van der Waals surface area contributed by atoms with Crippen LogP contribution in [0.25, 0.3) is 0 Å². The maximum absolute atomic E-state index is 12.7. The second kappa shape index (κ2) is 14.9. The van der Waals surface area contributed by atoms with Crippen molar-refractivity contribution in [1.29, 1.82) is 0 Å². The summed E-state index contributed by atoms with van der Waals surface area (Å²) in [6, 6.07) is 20.7. The van der Waals surface area contributed by atoms with E-state index in [0.29, 0.717) is 47.6 Å². The van der Waals surface area contributed by atoms with Gasteiger partial charge in [-0.2, -0.15) is 0 Å². The van der Waals surface area contributed by atoms with Gasteiger partial charge in [0, 0.05) is 11.3 Å². The van der Waals surface area contributed by atoms with Crippen molar-refractivity contribution in [3.63, 3.8) is 0 Å². The lowest BCUT2D eigenvalue weighted by atomic mass is 10.0. The lowest BCUT2D eigenvalue weighted by molar-refractivity contribution is -0.111. The van der Waals surface area contributed by atoms with E-state index in [1.807, 2.05) is 6.07 Å². The fourth-order valence-electron chi connectivity index (χ4n) is 3.72. The Labute approximate surface area is 227 Å².